The van der Waals surface area contributed by atoms with Gasteiger partial charge in [-0.3, -0.25) is 4.79 Å². The number of halogens is 2. The van der Waals surface area contributed by atoms with Crippen LogP contribution in [-0.2, 0) is 0 Å². The van der Waals surface area contributed by atoms with Crippen LogP contribution in [0.25, 0.3) is 11.3 Å². The van der Waals surface area contributed by atoms with E-state index in [1.807, 2.05) is 23.1 Å². The summed E-state index contributed by atoms with van der Waals surface area (Å²) in [6.07, 6.45) is 3.35. The number of amides is 1. The van der Waals surface area contributed by atoms with E-state index in [0.717, 1.165) is 44.6 Å². The van der Waals surface area contributed by atoms with Crippen LogP contribution >= 0.6 is 24.8 Å². The average Bonchev–Trinajstić information content (AvgIpc) is 3.21. The van der Waals surface area contributed by atoms with Gasteiger partial charge in [-0.2, -0.15) is 0 Å². The molecule has 9 heteroatoms. The van der Waals surface area contributed by atoms with Crippen molar-refractivity contribution in [3.63, 3.8) is 0 Å². The van der Waals surface area contributed by atoms with Gasteiger partial charge in [-0.15, -0.1) is 24.8 Å². The summed E-state index contributed by atoms with van der Waals surface area (Å²) in [6, 6.07) is 5.55. The van der Waals surface area contributed by atoms with Crippen LogP contribution in [0.1, 0.15) is 30.3 Å². The Kier molecular flexibility index (Phi) is 8.61. The molecule has 0 saturated carbocycles. The molecule has 2 aliphatic heterocycles. The van der Waals surface area contributed by atoms with E-state index >= 15 is 0 Å². The molecule has 2 aromatic rings. The van der Waals surface area contributed by atoms with Crippen molar-refractivity contribution >= 4 is 30.7 Å². The van der Waals surface area contributed by atoms with Gasteiger partial charge >= 0.3 is 0 Å². The molecule has 160 valence electrons. The molecule has 0 atom stereocenters. The van der Waals surface area contributed by atoms with Crippen molar-refractivity contribution in [3.8, 4) is 22.8 Å². The first-order chi connectivity index (χ1) is 13.3. The Hall–Kier alpha value is -1.96. The number of fused-ring (bicyclic) bond motifs is 1. The van der Waals surface area contributed by atoms with E-state index in [-0.39, 0.29) is 30.7 Å². The summed E-state index contributed by atoms with van der Waals surface area (Å²) in [6.45, 7) is 6.68. The highest BCUT2D eigenvalue weighted by molar-refractivity contribution is 5.97. The van der Waals surface area contributed by atoms with Crippen LogP contribution in [0.5, 0.6) is 11.5 Å². The molecule has 0 radical (unpaired) electrons. The number of likely N-dealkylation sites (tertiary alicyclic amines) is 1. The normalized spacial score (nSPS) is 16.0. The first kappa shape index (κ1) is 23.3. The molecule has 0 aliphatic carbocycles. The fraction of sp³-hybridized carbons (Fsp3) is 0.500. The standard InChI is InChI=1S/C20H25N3O4.2ClH/c1-2-21-12-14-5-7-23(8-6-14)20(24)18-19(27-13-22-18)15-3-4-16-17(11-15)26-10-9-25-16;;/h3-4,11,13-14,21H,2,5-10,12H2,1H3;2*1H. The highest BCUT2D eigenvalue weighted by atomic mass is 35.5. The minimum absolute atomic E-state index is 0. The number of rotatable bonds is 5. The number of aromatic nitrogens is 1. The Morgan fingerprint density at radius 1 is 1.17 bits per heavy atom. The molecule has 0 unspecified atom stereocenters. The predicted molar refractivity (Wildman–Crippen MR) is 115 cm³/mol. The number of hydrogen-bond donors (Lipinski definition) is 1. The van der Waals surface area contributed by atoms with Gasteiger partial charge in [0.25, 0.3) is 5.91 Å². The smallest absolute Gasteiger partial charge is 0.276 e. The number of nitrogens with one attached hydrogen (secondary N) is 1. The average molecular weight is 444 g/mol. The second-order valence-corrected chi connectivity index (χ2v) is 6.93. The number of ether oxygens (including phenoxy) is 2. The number of benzene rings is 1. The zero-order chi connectivity index (χ0) is 18.6. The lowest BCUT2D eigenvalue weighted by Gasteiger charge is -2.31. The van der Waals surface area contributed by atoms with Crippen molar-refractivity contribution in [2.45, 2.75) is 19.8 Å². The third kappa shape index (κ3) is 5.15. The number of hydrogen-bond acceptors (Lipinski definition) is 6. The molecule has 0 spiro atoms. The van der Waals surface area contributed by atoms with Crippen molar-refractivity contribution < 1.29 is 18.7 Å². The van der Waals surface area contributed by atoms with E-state index in [1.54, 1.807) is 0 Å². The van der Waals surface area contributed by atoms with Crippen LogP contribution in [0.15, 0.2) is 29.0 Å². The lowest BCUT2D eigenvalue weighted by Crippen LogP contribution is -2.41. The monoisotopic (exact) mass is 443 g/mol. The molecule has 1 saturated heterocycles. The first-order valence-electron chi connectivity index (χ1n) is 9.59. The topological polar surface area (TPSA) is 76.8 Å². The summed E-state index contributed by atoms with van der Waals surface area (Å²) in [4.78, 5) is 19.1. The largest absolute Gasteiger partial charge is 0.486 e. The SMILES string of the molecule is CCNCC1CCN(C(=O)c2ncoc2-c2ccc3c(c2)OCCO3)CC1.Cl.Cl. The van der Waals surface area contributed by atoms with Crippen molar-refractivity contribution in [2.75, 3.05) is 39.4 Å². The van der Waals surface area contributed by atoms with Gasteiger partial charge in [-0.05, 0) is 50.0 Å². The van der Waals surface area contributed by atoms with E-state index in [9.17, 15) is 4.79 Å². The number of nitrogens with zero attached hydrogens (tertiary/aromatic N) is 2. The van der Waals surface area contributed by atoms with Crippen molar-refractivity contribution in [3.05, 3.63) is 30.3 Å². The third-order valence-corrected chi connectivity index (χ3v) is 5.16. The van der Waals surface area contributed by atoms with Crippen LogP contribution in [0.4, 0.5) is 0 Å². The maximum atomic E-state index is 13.0. The minimum Gasteiger partial charge on any atom is -0.486 e. The summed E-state index contributed by atoms with van der Waals surface area (Å²) in [5, 5.41) is 3.39. The van der Waals surface area contributed by atoms with Crippen molar-refractivity contribution in [2.24, 2.45) is 5.92 Å². The van der Waals surface area contributed by atoms with E-state index in [0.29, 0.717) is 42.1 Å². The Labute approximate surface area is 183 Å². The maximum absolute atomic E-state index is 13.0. The highest BCUT2D eigenvalue weighted by Gasteiger charge is 2.28. The van der Waals surface area contributed by atoms with Crippen LogP contribution < -0.4 is 14.8 Å². The van der Waals surface area contributed by atoms with Gasteiger partial charge in [-0.25, -0.2) is 4.98 Å². The summed E-state index contributed by atoms with van der Waals surface area (Å²) in [5.74, 6) is 2.41. The Balaban J connectivity index is 0.00000150. The zero-order valence-electron chi connectivity index (χ0n) is 16.4. The van der Waals surface area contributed by atoms with E-state index in [2.05, 4.69) is 17.2 Å². The van der Waals surface area contributed by atoms with Crippen LogP contribution in [0.3, 0.4) is 0 Å². The molecular weight excluding hydrogens is 417 g/mol. The van der Waals surface area contributed by atoms with Gasteiger partial charge in [0, 0.05) is 18.7 Å². The van der Waals surface area contributed by atoms with Gasteiger partial charge < -0.3 is 24.1 Å². The molecule has 1 aromatic heterocycles. The van der Waals surface area contributed by atoms with E-state index < -0.39 is 0 Å². The Morgan fingerprint density at radius 2 is 1.90 bits per heavy atom. The Morgan fingerprint density at radius 3 is 2.62 bits per heavy atom. The van der Waals surface area contributed by atoms with Crippen molar-refractivity contribution in [1.29, 1.82) is 0 Å². The minimum atomic E-state index is -0.0736. The summed E-state index contributed by atoms with van der Waals surface area (Å²) < 4.78 is 16.8. The van der Waals surface area contributed by atoms with Gasteiger partial charge in [0.2, 0.25) is 0 Å². The molecule has 3 heterocycles. The maximum Gasteiger partial charge on any atom is 0.276 e. The molecule has 29 heavy (non-hydrogen) atoms. The van der Waals surface area contributed by atoms with Crippen molar-refractivity contribution in [1.82, 2.24) is 15.2 Å². The zero-order valence-corrected chi connectivity index (χ0v) is 18.0. The lowest BCUT2D eigenvalue weighted by molar-refractivity contribution is 0.0685. The third-order valence-electron chi connectivity index (χ3n) is 5.16. The second-order valence-electron chi connectivity index (χ2n) is 6.93. The van der Waals surface area contributed by atoms with E-state index in [4.69, 9.17) is 13.9 Å². The van der Waals surface area contributed by atoms with Gasteiger partial charge in [0.05, 0.1) is 0 Å². The number of piperidine rings is 1. The molecule has 2 aliphatic rings. The van der Waals surface area contributed by atoms with Crippen LogP contribution in [0.2, 0.25) is 0 Å². The molecule has 7 nitrogen and oxygen atoms in total. The summed E-state index contributed by atoms with van der Waals surface area (Å²) >= 11 is 0. The number of carbonyl (C=O) groups is 1. The van der Waals surface area contributed by atoms with Gasteiger partial charge in [0.15, 0.2) is 29.3 Å². The first-order valence-corrected chi connectivity index (χ1v) is 9.59. The van der Waals surface area contributed by atoms with Gasteiger partial charge in [0.1, 0.15) is 13.2 Å². The quantitative estimate of drug-likeness (QED) is 0.762. The molecular formula is C20H27Cl2N3O4. The predicted octanol–water partition coefficient (Wildman–Crippen LogP) is 3.42. The molecule has 4 rings (SSSR count). The van der Waals surface area contributed by atoms with Gasteiger partial charge in [-0.1, -0.05) is 6.92 Å². The number of carbonyl (C=O) groups excluding carboxylic acids is 1. The number of oxazole rings is 1. The second kappa shape index (κ2) is 10.7. The fourth-order valence-corrected chi connectivity index (χ4v) is 3.63. The van der Waals surface area contributed by atoms with E-state index in [1.165, 1.54) is 6.39 Å². The Bertz CT molecular complexity index is 807. The highest BCUT2D eigenvalue weighted by Crippen LogP contribution is 2.35. The van der Waals surface area contributed by atoms with Crippen LogP contribution in [-0.4, -0.2) is 55.2 Å². The lowest BCUT2D eigenvalue weighted by atomic mass is 9.96. The molecule has 1 fully saturated rings. The summed E-state index contributed by atoms with van der Waals surface area (Å²) in [5.41, 5.74) is 1.12. The molecule has 1 aromatic carbocycles. The van der Waals surface area contributed by atoms with Crippen LogP contribution in [0, 0.1) is 5.92 Å². The molecule has 1 N–H and O–H groups in total. The summed E-state index contributed by atoms with van der Waals surface area (Å²) in [7, 11) is 0. The molecule has 0 bridgehead atoms. The fourth-order valence-electron chi connectivity index (χ4n) is 3.63. The molecule has 1 amide bonds.